The van der Waals surface area contributed by atoms with E-state index in [9.17, 15) is 14.9 Å². The van der Waals surface area contributed by atoms with E-state index < -0.39 is 4.92 Å². The number of hydrogen-bond donors (Lipinski definition) is 3. The lowest BCUT2D eigenvalue weighted by molar-refractivity contribution is -0.384. The van der Waals surface area contributed by atoms with Crippen molar-refractivity contribution >= 4 is 11.5 Å². The maximum Gasteiger partial charge on any atom is 0.269 e. The lowest BCUT2D eigenvalue weighted by Gasteiger charge is -2.44. The van der Waals surface area contributed by atoms with Crippen molar-refractivity contribution < 1.29 is 19.2 Å². The van der Waals surface area contributed by atoms with Gasteiger partial charge in [0.2, 0.25) is 0 Å². The zero-order chi connectivity index (χ0) is 24.9. The maximum absolute atomic E-state index is 13.6. The fourth-order valence-corrected chi connectivity index (χ4v) is 5.83. The molecule has 9 heteroatoms. The molecule has 2 aromatic rings. The second-order valence-electron chi connectivity index (χ2n) is 10.2. The van der Waals surface area contributed by atoms with Crippen molar-refractivity contribution in [2.45, 2.75) is 44.8 Å². The average molecular weight is 479 g/mol. The minimum Gasteiger partial charge on any atom is -0.493 e. The summed E-state index contributed by atoms with van der Waals surface area (Å²) in [6.07, 6.45) is 1.14. The number of allylic oxidation sites excluding steroid dienone is 2. The summed E-state index contributed by atoms with van der Waals surface area (Å²) in [5.74, 6) is 1.11. The van der Waals surface area contributed by atoms with E-state index in [1.54, 1.807) is 26.4 Å². The molecule has 1 aliphatic carbocycles. The van der Waals surface area contributed by atoms with Crippen LogP contribution in [-0.2, 0) is 4.79 Å². The van der Waals surface area contributed by atoms with Gasteiger partial charge in [0, 0.05) is 41.7 Å². The third kappa shape index (κ3) is 4.04. The van der Waals surface area contributed by atoms with Crippen molar-refractivity contribution in [3.05, 3.63) is 75.0 Å². The highest BCUT2D eigenvalue weighted by Crippen LogP contribution is 2.52. The van der Waals surface area contributed by atoms with Crippen LogP contribution < -0.4 is 25.6 Å². The smallest absolute Gasteiger partial charge is 0.269 e. The zero-order valence-electron chi connectivity index (χ0n) is 20.3. The van der Waals surface area contributed by atoms with Crippen LogP contribution in [0.4, 0.5) is 5.69 Å². The molecule has 3 N–H and O–H groups in total. The Morgan fingerprint density at radius 2 is 1.66 bits per heavy atom. The van der Waals surface area contributed by atoms with Crippen molar-refractivity contribution in [3.8, 4) is 11.5 Å². The third-order valence-corrected chi connectivity index (χ3v) is 7.34. The molecule has 2 aromatic carbocycles. The van der Waals surface area contributed by atoms with E-state index in [0.29, 0.717) is 17.9 Å². The monoisotopic (exact) mass is 478 g/mol. The number of ketones is 1. The number of nitrogens with one attached hydrogen (secondary N) is 3. The Bertz CT molecular complexity index is 1210. The van der Waals surface area contributed by atoms with Gasteiger partial charge in [0.25, 0.3) is 5.69 Å². The maximum atomic E-state index is 13.6. The van der Waals surface area contributed by atoms with Crippen LogP contribution in [0.25, 0.3) is 0 Å². The standard InChI is InChI=1S/C26H30N4O5/c1-26(2)12-17-22(18(31)13-26)21(15-7-10-19(34-3)20(11-15)35-4)23-24(28-29-25(23)27-17)14-5-8-16(9-6-14)30(32)33/h5-11,21,23-25,27-29H,12-13H2,1-4H3. The van der Waals surface area contributed by atoms with Gasteiger partial charge in [0.15, 0.2) is 17.3 Å². The Balaban J connectivity index is 1.63. The van der Waals surface area contributed by atoms with Crippen molar-refractivity contribution in [2.75, 3.05) is 14.2 Å². The molecule has 35 heavy (non-hydrogen) atoms. The van der Waals surface area contributed by atoms with Crippen LogP contribution in [0.1, 0.15) is 49.8 Å². The summed E-state index contributed by atoms with van der Waals surface area (Å²) in [4.78, 5) is 24.3. The molecule has 4 unspecified atom stereocenters. The molecule has 1 fully saturated rings. The number of rotatable bonds is 5. The molecule has 184 valence electrons. The van der Waals surface area contributed by atoms with E-state index >= 15 is 0 Å². The minimum atomic E-state index is -0.402. The second kappa shape index (κ2) is 8.66. The van der Waals surface area contributed by atoms with Gasteiger partial charge in [0.1, 0.15) is 0 Å². The largest absolute Gasteiger partial charge is 0.493 e. The number of nitrogens with zero attached hydrogens (tertiary/aromatic N) is 1. The molecule has 2 aliphatic heterocycles. The minimum absolute atomic E-state index is 0.0455. The molecule has 2 heterocycles. The van der Waals surface area contributed by atoms with Crippen LogP contribution in [-0.4, -0.2) is 31.1 Å². The normalized spacial score (nSPS) is 27.0. The van der Waals surface area contributed by atoms with Gasteiger partial charge in [-0.3, -0.25) is 14.9 Å². The molecule has 1 saturated heterocycles. The second-order valence-corrected chi connectivity index (χ2v) is 10.2. The molecule has 0 amide bonds. The molecule has 0 spiro atoms. The molecule has 5 rings (SSSR count). The van der Waals surface area contributed by atoms with Gasteiger partial charge >= 0.3 is 0 Å². The van der Waals surface area contributed by atoms with Crippen LogP contribution in [0.15, 0.2) is 53.7 Å². The Labute approximate surface area is 204 Å². The molecule has 0 saturated carbocycles. The zero-order valence-corrected chi connectivity index (χ0v) is 20.3. The number of Topliss-reactive ketones (excluding diaryl/α,β-unsaturated/α-hetero) is 1. The number of hydrogen-bond acceptors (Lipinski definition) is 8. The summed E-state index contributed by atoms with van der Waals surface area (Å²) in [5.41, 5.74) is 10.4. The number of carbonyl (C=O) groups excluding carboxylic acids is 1. The molecule has 9 nitrogen and oxygen atoms in total. The Morgan fingerprint density at radius 3 is 2.31 bits per heavy atom. The number of fused-ring (bicyclic) bond motifs is 1. The van der Waals surface area contributed by atoms with Crippen molar-refractivity contribution in [3.63, 3.8) is 0 Å². The summed E-state index contributed by atoms with van der Waals surface area (Å²) in [5, 5.41) is 14.8. The Kier molecular flexibility index (Phi) is 5.77. The van der Waals surface area contributed by atoms with Gasteiger partial charge in [-0.15, -0.1) is 0 Å². The van der Waals surface area contributed by atoms with Gasteiger partial charge in [-0.25, -0.2) is 10.9 Å². The quantitative estimate of drug-likeness (QED) is 0.440. The number of nitro benzene ring substituents is 1. The predicted octanol–water partition coefficient (Wildman–Crippen LogP) is 3.73. The Hall–Kier alpha value is -3.43. The van der Waals surface area contributed by atoms with Crippen LogP contribution in [0.5, 0.6) is 11.5 Å². The van der Waals surface area contributed by atoms with E-state index in [1.165, 1.54) is 12.1 Å². The highest BCUT2D eigenvalue weighted by atomic mass is 16.6. The average Bonchev–Trinajstić information content (AvgIpc) is 3.25. The Morgan fingerprint density at radius 1 is 0.971 bits per heavy atom. The molecule has 0 radical (unpaired) electrons. The summed E-state index contributed by atoms with van der Waals surface area (Å²) in [6.45, 7) is 4.24. The fourth-order valence-electron chi connectivity index (χ4n) is 5.83. The number of carbonyl (C=O) groups is 1. The van der Waals surface area contributed by atoms with Crippen LogP contribution in [0, 0.1) is 21.4 Å². The molecule has 0 bridgehead atoms. The van der Waals surface area contributed by atoms with Gasteiger partial charge in [-0.2, -0.15) is 0 Å². The van der Waals surface area contributed by atoms with Gasteiger partial charge < -0.3 is 14.8 Å². The lowest BCUT2D eigenvalue weighted by Crippen LogP contribution is -2.51. The number of methoxy groups -OCH3 is 2. The summed E-state index contributed by atoms with van der Waals surface area (Å²) in [6, 6.07) is 12.2. The fraction of sp³-hybridized carbons (Fsp3) is 0.423. The van der Waals surface area contributed by atoms with E-state index in [4.69, 9.17) is 9.47 Å². The number of ether oxygens (including phenoxy) is 2. The molecule has 4 atom stereocenters. The van der Waals surface area contributed by atoms with Gasteiger partial charge in [-0.05, 0) is 35.1 Å². The van der Waals surface area contributed by atoms with Crippen molar-refractivity contribution in [2.24, 2.45) is 11.3 Å². The number of nitro groups is 1. The number of benzene rings is 2. The summed E-state index contributed by atoms with van der Waals surface area (Å²) >= 11 is 0. The van der Waals surface area contributed by atoms with Crippen LogP contribution in [0.3, 0.4) is 0 Å². The summed E-state index contributed by atoms with van der Waals surface area (Å²) in [7, 11) is 3.20. The van der Waals surface area contributed by atoms with Crippen LogP contribution >= 0.6 is 0 Å². The molecule has 0 aromatic heterocycles. The highest BCUT2D eigenvalue weighted by molar-refractivity contribution is 5.99. The number of non-ortho nitro benzene ring substituents is 1. The molecular formula is C26H30N4O5. The first-order chi connectivity index (χ1) is 16.7. The predicted molar refractivity (Wildman–Crippen MR) is 130 cm³/mol. The SMILES string of the molecule is COc1ccc(C2C3=C(CC(C)(C)CC3=O)NC3NNC(c4ccc([N+](=O)[O-])cc4)C32)cc1OC. The van der Waals surface area contributed by atoms with Gasteiger partial charge in [0.05, 0.1) is 31.4 Å². The van der Waals surface area contributed by atoms with E-state index in [-0.39, 0.29) is 40.9 Å². The first kappa shape index (κ1) is 23.3. The van der Waals surface area contributed by atoms with E-state index in [2.05, 4.69) is 30.0 Å². The third-order valence-electron chi connectivity index (χ3n) is 7.34. The van der Waals surface area contributed by atoms with Crippen LogP contribution in [0.2, 0.25) is 0 Å². The van der Waals surface area contributed by atoms with E-state index in [1.807, 2.05) is 18.2 Å². The first-order valence-corrected chi connectivity index (χ1v) is 11.7. The first-order valence-electron chi connectivity index (χ1n) is 11.7. The highest BCUT2D eigenvalue weighted by Gasteiger charge is 2.51. The lowest BCUT2D eigenvalue weighted by atomic mass is 9.65. The van der Waals surface area contributed by atoms with Crippen molar-refractivity contribution in [1.82, 2.24) is 16.2 Å². The van der Waals surface area contributed by atoms with E-state index in [0.717, 1.165) is 28.8 Å². The topological polar surface area (TPSA) is 115 Å². The van der Waals surface area contributed by atoms with Gasteiger partial charge in [-0.1, -0.05) is 32.0 Å². The molecule has 3 aliphatic rings. The summed E-state index contributed by atoms with van der Waals surface area (Å²) < 4.78 is 11.0. The van der Waals surface area contributed by atoms with Crippen molar-refractivity contribution in [1.29, 1.82) is 0 Å². The number of hydrazine groups is 1. The molecular weight excluding hydrogens is 448 g/mol.